The maximum Gasteiger partial charge on any atom is 0.472 e. The summed E-state index contributed by atoms with van der Waals surface area (Å²) in [6, 6.07) is 0. The van der Waals surface area contributed by atoms with Crippen molar-refractivity contribution in [2.24, 2.45) is 0 Å². The lowest BCUT2D eigenvalue weighted by Gasteiger charge is -2.21. The molecule has 0 aliphatic rings. The quantitative estimate of drug-likeness (QED) is 0.0146. The highest BCUT2D eigenvalue weighted by Gasteiger charge is 2.29. The molecule has 4 N–H and O–H groups in total. The Kier molecular flexibility index (Phi) is 54.2. The first kappa shape index (κ1) is 76.5. The largest absolute Gasteiger partial charge is 0.472 e. The fraction of sp³-hybridized carbons (Fsp3) is 0.820. The Labute approximate surface area is 478 Å². The molecule has 462 valence electrons. The molecule has 0 amide bonds. The van der Waals surface area contributed by atoms with Gasteiger partial charge >= 0.3 is 33.6 Å². The van der Waals surface area contributed by atoms with Crippen LogP contribution in [0.3, 0.4) is 0 Å². The Hall–Kier alpha value is -2.49. The van der Waals surface area contributed by atoms with E-state index < -0.39 is 91.5 Å². The van der Waals surface area contributed by atoms with Gasteiger partial charge in [0.2, 0.25) is 0 Å². The predicted molar refractivity (Wildman–Crippen MR) is 316 cm³/mol. The summed E-state index contributed by atoms with van der Waals surface area (Å²) >= 11 is 0. The Morgan fingerprint density at radius 3 is 1.09 bits per heavy atom. The summed E-state index contributed by atoms with van der Waals surface area (Å²) in [5.41, 5.74) is 0. The number of ether oxygens (including phenoxy) is 3. The van der Waals surface area contributed by atoms with E-state index in [2.05, 4.69) is 69.4 Å². The maximum absolute atomic E-state index is 12.8. The van der Waals surface area contributed by atoms with Crippen molar-refractivity contribution in [3.05, 3.63) is 48.6 Å². The molecule has 0 aliphatic carbocycles. The van der Waals surface area contributed by atoms with Crippen molar-refractivity contribution in [2.45, 2.75) is 283 Å². The number of phosphoric acid groups is 2. The van der Waals surface area contributed by atoms with Crippen LogP contribution in [0.5, 0.6) is 0 Å². The van der Waals surface area contributed by atoms with E-state index >= 15 is 0 Å². The van der Waals surface area contributed by atoms with Crippen LogP contribution >= 0.6 is 15.6 Å². The van der Waals surface area contributed by atoms with Gasteiger partial charge < -0.3 is 34.2 Å². The Bertz CT molecular complexity index is 1650. The minimum Gasteiger partial charge on any atom is -0.463 e. The number of carbonyl (C=O) groups is 3. The van der Waals surface area contributed by atoms with Crippen LogP contribution in [0.15, 0.2) is 48.6 Å². The van der Waals surface area contributed by atoms with Gasteiger partial charge in [-0.1, -0.05) is 217 Å². The van der Waals surface area contributed by atoms with E-state index in [1.54, 1.807) is 0 Å². The van der Waals surface area contributed by atoms with Crippen LogP contribution in [0.2, 0.25) is 0 Å². The van der Waals surface area contributed by atoms with E-state index in [4.69, 9.17) is 32.3 Å². The molecule has 79 heavy (non-hydrogen) atoms. The average Bonchev–Trinajstić information content (AvgIpc) is 3.42. The molecule has 18 heteroatoms. The van der Waals surface area contributed by atoms with E-state index in [0.717, 1.165) is 128 Å². The van der Waals surface area contributed by atoms with Gasteiger partial charge in [0.1, 0.15) is 25.4 Å². The van der Waals surface area contributed by atoms with Crippen LogP contribution < -0.4 is 0 Å². The summed E-state index contributed by atoms with van der Waals surface area (Å²) in [6.45, 7) is 2.53. The Balaban J connectivity index is 4.64. The van der Waals surface area contributed by atoms with Gasteiger partial charge in [-0.3, -0.25) is 32.5 Å². The maximum atomic E-state index is 12.8. The van der Waals surface area contributed by atoms with Crippen LogP contribution in [-0.2, 0) is 55.8 Å². The van der Waals surface area contributed by atoms with Crippen molar-refractivity contribution in [1.29, 1.82) is 0 Å². The summed E-state index contributed by atoms with van der Waals surface area (Å²) in [5, 5.41) is 20.5. The topological polar surface area (TPSA) is 231 Å². The van der Waals surface area contributed by atoms with E-state index in [0.29, 0.717) is 19.3 Å². The zero-order valence-electron chi connectivity index (χ0n) is 49.5. The summed E-state index contributed by atoms with van der Waals surface area (Å²) in [7, 11) is -9.75. The number of carbonyl (C=O) groups excluding carboxylic acids is 3. The molecular formula is C61H112O16P2. The third-order valence-corrected chi connectivity index (χ3v) is 14.9. The van der Waals surface area contributed by atoms with Crippen LogP contribution in [0, 0.1) is 0 Å². The third-order valence-electron chi connectivity index (χ3n) is 13.0. The Morgan fingerprint density at radius 2 is 0.671 bits per heavy atom. The van der Waals surface area contributed by atoms with Gasteiger partial charge in [0.05, 0.1) is 26.4 Å². The fourth-order valence-corrected chi connectivity index (χ4v) is 9.87. The molecule has 0 bridgehead atoms. The first-order valence-corrected chi connectivity index (χ1v) is 33.9. The average molecular weight is 1160 g/mol. The van der Waals surface area contributed by atoms with Gasteiger partial charge in [0.25, 0.3) is 0 Å². The molecule has 0 aliphatic heterocycles. The predicted octanol–water partition coefficient (Wildman–Crippen LogP) is 16.1. The molecule has 0 saturated heterocycles. The van der Waals surface area contributed by atoms with Crippen LogP contribution in [0.1, 0.15) is 265 Å². The molecular weight excluding hydrogens is 1050 g/mol. The highest BCUT2D eigenvalue weighted by Crippen LogP contribution is 2.45. The number of hydrogen-bond donors (Lipinski definition) is 4. The summed E-state index contributed by atoms with van der Waals surface area (Å²) in [4.78, 5) is 58.1. The minimum atomic E-state index is -4.91. The summed E-state index contributed by atoms with van der Waals surface area (Å²) in [5.74, 6) is -1.58. The lowest BCUT2D eigenvalue weighted by Crippen LogP contribution is -2.30. The van der Waals surface area contributed by atoms with Gasteiger partial charge in [-0.25, -0.2) is 9.13 Å². The first-order chi connectivity index (χ1) is 38.2. The smallest absolute Gasteiger partial charge is 0.463 e. The number of hydrogen-bond acceptors (Lipinski definition) is 14. The van der Waals surface area contributed by atoms with Crippen molar-refractivity contribution in [2.75, 3.05) is 39.6 Å². The highest BCUT2D eigenvalue weighted by atomic mass is 31.2. The second-order valence-corrected chi connectivity index (χ2v) is 23.7. The van der Waals surface area contributed by atoms with Crippen LogP contribution in [-0.4, -0.2) is 95.9 Å². The zero-order valence-corrected chi connectivity index (χ0v) is 51.3. The number of esters is 3. The third kappa shape index (κ3) is 57.1. The molecule has 5 unspecified atom stereocenters. The molecule has 0 spiro atoms. The normalized spacial score (nSPS) is 14.8. The number of aliphatic hydroxyl groups is 2. The molecule has 0 rings (SSSR count). The van der Waals surface area contributed by atoms with Gasteiger partial charge in [0, 0.05) is 19.3 Å². The zero-order chi connectivity index (χ0) is 58.2. The lowest BCUT2D eigenvalue weighted by molar-refractivity contribution is -0.161. The van der Waals surface area contributed by atoms with Crippen molar-refractivity contribution in [3.63, 3.8) is 0 Å². The van der Waals surface area contributed by atoms with E-state index in [-0.39, 0.29) is 19.3 Å². The molecule has 0 aromatic heterocycles. The monoisotopic (exact) mass is 1160 g/mol. The Morgan fingerprint density at radius 1 is 0.367 bits per heavy atom. The number of aliphatic hydroxyl groups excluding tert-OH is 2. The molecule has 0 heterocycles. The molecule has 5 atom stereocenters. The summed E-state index contributed by atoms with van der Waals surface area (Å²) in [6.07, 6.45) is 51.7. The highest BCUT2D eigenvalue weighted by molar-refractivity contribution is 7.47. The number of phosphoric ester groups is 2. The number of unbranched alkanes of at least 4 members (excludes halogenated alkanes) is 28. The van der Waals surface area contributed by atoms with Gasteiger partial charge in [-0.2, -0.15) is 0 Å². The van der Waals surface area contributed by atoms with Gasteiger partial charge in [-0.05, 0) is 77.0 Å². The van der Waals surface area contributed by atoms with Gasteiger partial charge in [-0.15, -0.1) is 0 Å². The van der Waals surface area contributed by atoms with Crippen molar-refractivity contribution in [1.82, 2.24) is 0 Å². The molecule has 0 aromatic carbocycles. The molecule has 0 fully saturated rings. The lowest BCUT2D eigenvalue weighted by atomic mass is 10.0. The van der Waals surface area contributed by atoms with Gasteiger partial charge in [0.15, 0.2) is 6.10 Å². The second-order valence-electron chi connectivity index (χ2n) is 20.8. The van der Waals surface area contributed by atoms with Crippen LogP contribution in [0.4, 0.5) is 0 Å². The standard InChI is InChI=1S/C61H112O16P2/c1-4-7-10-13-16-19-22-25-26-27-28-31-33-35-38-41-44-47-59(64)71-50-56(62)51-73-78(67,68)74-52-57(63)53-75-79(69,70)76-55-58(77-61(66)49-46-43-40-37-34-30-24-21-18-15-12-9-6-3)54-72-60(65)48-45-42-39-36-32-29-23-20-17-14-11-8-5-2/h7,10,16,19-20,23,25-26,56-58,62-63H,4-6,8-9,11-15,17-18,21-22,24,27-55H2,1-3H3,(H,67,68)(H,69,70)/b10-7-,19-16-,23-20-,26-25-. The van der Waals surface area contributed by atoms with E-state index in [9.17, 15) is 43.5 Å². The van der Waals surface area contributed by atoms with E-state index in [1.165, 1.54) is 77.0 Å². The van der Waals surface area contributed by atoms with Crippen molar-refractivity contribution < 1.29 is 75.8 Å². The molecule has 0 radical (unpaired) electrons. The minimum absolute atomic E-state index is 0.109. The van der Waals surface area contributed by atoms with E-state index in [1.807, 2.05) is 0 Å². The van der Waals surface area contributed by atoms with Crippen molar-refractivity contribution >= 4 is 33.6 Å². The summed E-state index contributed by atoms with van der Waals surface area (Å²) < 4.78 is 60.6. The fourth-order valence-electron chi connectivity index (χ4n) is 8.28. The van der Waals surface area contributed by atoms with Crippen molar-refractivity contribution in [3.8, 4) is 0 Å². The molecule has 0 saturated carbocycles. The molecule has 0 aromatic rings. The second kappa shape index (κ2) is 56.0. The SMILES string of the molecule is CC/C=C\C/C=C\C/C=C\CCCCCCCCCC(=O)OCC(O)COP(=O)(O)OCC(O)COP(=O)(O)OCC(COC(=O)CCCCCCC/C=C\CCCCCC)OC(=O)CCCCCCCCCCCCCCC. The first-order valence-electron chi connectivity index (χ1n) is 30.9. The number of allylic oxidation sites excluding steroid dienone is 8. The molecule has 16 nitrogen and oxygen atoms in total. The number of rotatable bonds is 59. The van der Waals surface area contributed by atoms with Crippen LogP contribution in [0.25, 0.3) is 0 Å².